The molecule has 0 aromatic heterocycles. The van der Waals surface area contributed by atoms with Crippen molar-refractivity contribution in [1.29, 1.82) is 0 Å². The van der Waals surface area contributed by atoms with E-state index in [2.05, 4.69) is 78.2 Å². The van der Waals surface area contributed by atoms with Gasteiger partial charge in [-0.3, -0.25) is 9.59 Å². The summed E-state index contributed by atoms with van der Waals surface area (Å²) in [6.45, 7) is 14.7. The highest BCUT2D eigenvalue weighted by Crippen LogP contribution is 2.45. The average molecular weight is 1560 g/mol. The van der Waals surface area contributed by atoms with Crippen LogP contribution in [0.5, 0.6) is 28.7 Å². The van der Waals surface area contributed by atoms with E-state index in [-0.39, 0.29) is 30.4 Å². The number of halogens is 1. The smallest absolute Gasteiger partial charge is 0.343 e. The molecule has 10 rings (SSSR count). The van der Waals surface area contributed by atoms with Crippen molar-refractivity contribution in [2.75, 3.05) is 33.0 Å². The summed E-state index contributed by atoms with van der Waals surface area (Å²) in [4.78, 5) is 87.4. The number of benzene rings is 7. The number of rotatable bonds is 28. The quantitative estimate of drug-likeness (QED) is 0.00851. The summed E-state index contributed by atoms with van der Waals surface area (Å²) in [6, 6.07) is 44.5. The van der Waals surface area contributed by atoms with Crippen molar-refractivity contribution in [1.82, 2.24) is 0 Å². The van der Waals surface area contributed by atoms with Crippen molar-refractivity contribution < 1.29 is 76.2 Å². The van der Waals surface area contributed by atoms with Gasteiger partial charge in [-0.25, -0.2) is 24.0 Å². The molecule has 3 aliphatic rings. The lowest BCUT2D eigenvalue weighted by Gasteiger charge is -2.41. The highest BCUT2D eigenvalue weighted by Gasteiger charge is 2.41. The first-order chi connectivity index (χ1) is 52.0. The molecule has 7 aromatic rings. The minimum atomic E-state index is -0.917. The van der Waals surface area contributed by atoms with Gasteiger partial charge in [0.1, 0.15) is 28.7 Å². The maximum atomic E-state index is 13.8. The largest absolute Gasteiger partial charge is 0.494 e. The Morgan fingerprint density at radius 2 is 0.944 bits per heavy atom. The van der Waals surface area contributed by atoms with Crippen LogP contribution in [-0.2, 0) is 38.1 Å². The molecule has 556 valence electrons. The van der Waals surface area contributed by atoms with E-state index in [1.165, 1.54) is 38.5 Å². The van der Waals surface area contributed by atoms with Gasteiger partial charge < -0.3 is 42.6 Å². The van der Waals surface area contributed by atoms with Crippen molar-refractivity contribution in [3.8, 4) is 64.3 Å². The van der Waals surface area contributed by atoms with Gasteiger partial charge in [0.15, 0.2) is 5.60 Å². The van der Waals surface area contributed by atoms with Gasteiger partial charge in [0.2, 0.25) is 0 Å². The van der Waals surface area contributed by atoms with E-state index in [0.717, 1.165) is 92.0 Å². The summed E-state index contributed by atoms with van der Waals surface area (Å²) in [7, 11) is 0. The molecule has 3 fully saturated rings. The van der Waals surface area contributed by atoms with Crippen molar-refractivity contribution in [2.24, 2.45) is 29.6 Å². The van der Waals surface area contributed by atoms with Crippen LogP contribution in [0.25, 0.3) is 10.8 Å². The van der Waals surface area contributed by atoms with Crippen LogP contribution in [0.2, 0.25) is 0 Å². The first-order valence-electron chi connectivity index (χ1n) is 37.1. The topological polar surface area (TPSA) is 203 Å². The Balaban J connectivity index is 0.000000271. The van der Waals surface area contributed by atoms with Crippen LogP contribution >= 0.6 is 22.6 Å². The molecule has 3 aliphatic carbocycles. The zero-order chi connectivity index (χ0) is 75.8. The molecule has 7 aromatic carbocycles. The zero-order valence-electron chi connectivity index (χ0n) is 61.3. The third kappa shape index (κ3) is 25.4. The highest BCUT2D eigenvalue weighted by atomic mass is 127. The molecule has 0 heterocycles. The van der Waals surface area contributed by atoms with Crippen LogP contribution in [0.3, 0.4) is 0 Å². The number of carbonyl (C=O) groups is 7. The van der Waals surface area contributed by atoms with Crippen LogP contribution in [0.15, 0.2) is 177 Å². The van der Waals surface area contributed by atoms with E-state index in [0.29, 0.717) is 130 Å². The summed E-state index contributed by atoms with van der Waals surface area (Å²) in [6.07, 6.45) is 19.1. The Bertz CT molecular complexity index is 4370. The molecule has 3 saturated carbocycles. The monoisotopic (exact) mass is 1560 g/mol. The Hall–Kier alpha value is -10.4. The van der Waals surface area contributed by atoms with E-state index < -0.39 is 35.4 Å². The number of unbranched alkanes of at least 4 members (excludes halogenated alkanes) is 2. The molecule has 16 nitrogen and oxygen atoms in total. The van der Waals surface area contributed by atoms with E-state index in [9.17, 15) is 33.6 Å². The van der Waals surface area contributed by atoms with E-state index in [4.69, 9.17) is 42.6 Å². The molecule has 0 radical (unpaired) electrons. The SMILES string of the molecule is C=CC(=O)OCCCCCOC(=O)C1CCC(C(=O)Oc2ccc(C(=O)OC3(C#Cc4ccc(C#Cc5ccc(C#CC)cc5)cc4)CCC(C4CCC(CCC)CC4)CC3)cc2)CC1.C=CC(=O)OCCCOc1ccc(C(=O)Oc2ccc3cc(C(=O)Oc4ccc(OCCC)cc4)ccc3c2I)cc1. The third-order valence-corrected chi connectivity index (χ3v) is 20.4. The predicted octanol–water partition coefficient (Wildman–Crippen LogP) is 18.5. The van der Waals surface area contributed by atoms with Gasteiger partial charge in [-0.1, -0.05) is 88.5 Å². The van der Waals surface area contributed by atoms with E-state index in [1.54, 1.807) is 103 Å². The molecular formula is C90H93IO16. The lowest BCUT2D eigenvalue weighted by atomic mass is 9.67. The van der Waals surface area contributed by atoms with Crippen LogP contribution in [0.4, 0.5) is 0 Å². The second-order valence-corrected chi connectivity index (χ2v) is 28.0. The number of ether oxygens (including phenoxy) is 9. The van der Waals surface area contributed by atoms with Crippen LogP contribution in [-0.4, -0.2) is 80.4 Å². The molecule has 17 heteroatoms. The standard InChI is InChI=1S/C57H64O8.C33H29IO8/c1-4-10-42-12-14-44(15-13-42)16-17-45-18-20-46(21-19-45)34-37-57(38-35-48(36-39-57)47-24-22-43(11-5-2)23-25-47)65-56(61)51-30-32-52(33-31-51)64-55(60)50-28-26-49(27-29-50)54(59)63-41-9-7-8-40-62-53(58)6-3;1-3-18-38-26-12-14-27(15-13-26)41-33(37)24-8-16-28-23(21-24)9-17-29(31(28)34)42-32(36)22-6-10-25(11-7-22)39-19-5-20-40-30(35)4-2/h6,12-15,18-21,30-33,43,47-50H,3,5,7-9,11,22-29,35-36,38-41H2,1-2H3;4,6-17,21H,2-3,5,18-20H2,1H3. The Labute approximate surface area is 642 Å². The van der Waals surface area contributed by atoms with Crippen molar-refractivity contribution in [3.63, 3.8) is 0 Å². The lowest BCUT2D eigenvalue weighted by Crippen LogP contribution is -2.39. The molecule has 0 saturated heterocycles. The van der Waals surface area contributed by atoms with Gasteiger partial charge in [0.25, 0.3) is 0 Å². The average Bonchev–Trinajstić information content (AvgIpc) is 0.796. The fraction of sp³-hybridized carbons (Fsp3) is 0.367. The lowest BCUT2D eigenvalue weighted by molar-refractivity contribution is -0.152. The number of carbonyl (C=O) groups excluding carboxylic acids is 7. The molecule has 0 amide bonds. The molecule has 0 aliphatic heterocycles. The first kappa shape index (κ1) is 80.7. The Kier molecular flexibility index (Phi) is 31.7. The second-order valence-electron chi connectivity index (χ2n) is 26.9. The molecule has 0 atom stereocenters. The number of esters is 7. The molecular weight excluding hydrogens is 1460 g/mol. The summed E-state index contributed by atoms with van der Waals surface area (Å²) < 4.78 is 50.6. The van der Waals surface area contributed by atoms with Gasteiger partial charge in [-0.05, 0) is 293 Å². The highest BCUT2D eigenvalue weighted by molar-refractivity contribution is 14.1. The van der Waals surface area contributed by atoms with Crippen LogP contribution in [0.1, 0.15) is 196 Å². The molecule has 0 bridgehead atoms. The van der Waals surface area contributed by atoms with Crippen LogP contribution < -0.4 is 23.7 Å². The van der Waals surface area contributed by atoms with Gasteiger partial charge >= 0.3 is 41.8 Å². The first-order valence-corrected chi connectivity index (χ1v) is 38.2. The summed E-state index contributed by atoms with van der Waals surface area (Å²) >= 11 is 2.12. The number of hydrogen-bond donors (Lipinski definition) is 0. The Morgan fingerprint density at radius 1 is 0.458 bits per heavy atom. The summed E-state index contributed by atoms with van der Waals surface area (Å²) in [5.74, 6) is 20.4. The van der Waals surface area contributed by atoms with Crippen molar-refractivity contribution in [2.45, 2.75) is 148 Å². The predicted molar refractivity (Wildman–Crippen MR) is 419 cm³/mol. The number of fused-ring (bicyclic) bond motifs is 1. The molecule has 0 unspecified atom stereocenters. The minimum absolute atomic E-state index is 0.231. The zero-order valence-corrected chi connectivity index (χ0v) is 63.4. The van der Waals surface area contributed by atoms with Gasteiger partial charge in [-0.15, -0.1) is 5.92 Å². The van der Waals surface area contributed by atoms with Gasteiger partial charge in [-0.2, -0.15) is 0 Å². The fourth-order valence-electron chi connectivity index (χ4n) is 13.3. The third-order valence-electron chi connectivity index (χ3n) is 19.3. The van der Waals surface area contributed by atoms with Gasteiger partial charge in [0.05, 0.1) is 65.1 Å². The molecule has 0 N–H and O–H groups in total. The maximum absolute atomic E-state index is 13.8. The van der Waals surface area contributed by atoms with Crippen LogP contribution in [0, 0.1) is 68.7 Å². The summed E-state index contributed by atoms with van der Waals surface area (Å²) in [5.41, 5.74) is 3.81. The van der Waals surface area contributed by atoms with E-state index in [1.807, 2.05) is 62.4 Å². The van der Waals surface area contributed by atoms with E-state index >= 15 is 0 Å². The second kappa shape index (κ2) is 42.1. The van der Waals surface area contributed by atoms with Crippen molar-refractivity contribution >= 4 is 75.1 Å². The normalized spacial score (nSPS) is 17.8. The molecule has 0 spiro atoms. The van der Waals surface area contributed by atoms with Gasteiger partial charge in [0, 0.05) is 40.8 Å². The fourth-order valence-corrected chi connectivity index (χ4v) is 14.1. The summed E-state index contributed by atoms with van der Waals surface area (Å²) in [5, 5.41) is 1.63. The Morgan fingerprint density at radius 3 is 1.52 bits per heavy atom. The number of hydrogen-bond acceptors (Lipinski definition) is 16. The minimum Gasteiger partial charge on any atom is -0.494 e. The maximum Gasteiger partial charge on any atom is 0.343 e. The molecule has 107 heavy (non-hydrogen) atoms. The van der Waals surface area contributed by atoms with Crippen molar-refractivity contribution in [3.05, 3.63) is 219 Å².